The van der Waals surface area contributed by atoms with E-state index < -0.39 is 0 Å². The molecule has 0 unspecified atom stereocenters. The summed E-state index contributed by atoms with van der Waals surface area (Å²) in [6, 6.07) is 60.8. The van der Waals surface area contributed by atoms with Gasteiger partial charge in [0.2, 0.25) is 0 Å². The summed E-state index contributed by atoms with van der Waals surface area (Å²) in [4.78, 5) is 4.84. The van der Waals surface area contributed by atoms with Crippen molar-refractivity contribution in [1.82, 2.24) is 0 Å². The molecule has 2 heteroatoms. The highest BCUT2D eigenvalue weighted by molar-refractivity contribution is 5.96. The van der Waals surface area contributed by atoms with Gasteiger partial charge in [0.1, 0.15) is 0 Å². The molecule has 1 spiro atoms. The Bertz CT molecular complexity index is 2310. The van der Waals surface area contributed by atoms with Crippen LogP contribution in [0, 0.1) is 0 Å². The van der Waals surface area contributed by atoms with E-state index in [0.29, 0.717) is 0 Å². The zero-order valence-electron chi connectivity index (χ0n) is 26.9. The molecular formula is C46H34N2. The van der Waals surface area contributed by atoms with Crippen molar-refractivity contribution in [3.8, 4) is 22.3 Å². The molecule has 48 heavy (non-hydrogen) atoms. The number of hydrogen-bond acceptors (Lipinski definition) is 2. The minimum atomic E-state index is -0.317. The lowest BCUT2D eigenvalue weighted by Gasteiger charge is -2.34. The summed E-state index contributed by atoms with van der Waals surface area (Å²) in [5.74, 6) is 0. The van der Waals surface area contributed by atoms with Gasteiger partial charge in [-0.05, 0) is 91.5 Å². The lowest BCUT2D eigenvalue weighted by molar-refractivity contribution is 0.792. The van der Waals surface area contributed by atoms with Crippen molar-refractivity contribution in [3.63, 3.8) is 0 Å². The Morgan fingerprint density at radius 2 is 1.04 bits per heavy atom. The van der Waals surface area contributed by atoms with Gasteiger partial charge in [-0.3, -0.25) is 0 Å². The first-order chi connectivity index (χ1) is 23.7. The van der Waals surface area contributed by atoms with Crippen LogP contribution in [0.25, 0.3) is 22.3 Å². The van der Waals surface area contributed by atoms with Crippen LogP contribution >= 0.6 is 0 Å². The van der Waals surface area contributed by atoms with Gasteiger partial charge in [0.05, 0.1) is 5.41 Å². The SMILES string of the molecule is CN(Cc1cccc2c1-c1ccccc1C21c2ccccc2-c2ccccc21)c1cccc(N2c3ccccc3Cc3ccccc32)c1. The molecule has 2 aliphatic carbocycles. The van der Waals surface area contributed by atoms with Crippen LogP contribution in [0.15, 0.2) is 164 Å². The van der Waals surface area contributed by atoms with Crippen LogP contribution in [0.2, 0.25) is 0 Å². The molecule has 2 nitrogen and oxygen atoms in total. The topological polar surface area (TPSA) is 6.48 Å². The quantitative estimate of drug-likeness (QED) is 0.195. The highest BCUT2D eigenvalue weighted by atomic mass is 15.2. The van der Waals surface area contributed by atoms with E-state index in [4.69, 9.17) is 0 Å². The van der Waals surface area contributed by atoms with Crippen LogP contribution in [0.4, 0.5) is 22.7 Å². The Hall–Kier alpha value is -5.86. The number of hydrogen-bond donors (Lipinski definition) is 0. The fourth-order valence-electron chi connectivity index (χ4n) is 8.94. The van der Waals surface area contributed by atoms with E-state index in [-0.39, 0.29) is 5.41 Å². The first kappa shape index (κ1) is 27.3. The highest BCUT2D eigenvalue weighted by Gasteiger charge is 2.51. The molecule has 0 saturated heterocycles. The maximum atomic E-state index is 2.43. The zero-order chi connectivity index (χ0) is 31.8. The molecule has 1 aliphatic heterocycles. The molecule has 0 aromatic heterocycles. The second kappa shape index (κ2) is 10.3. The fraction of sp³-hybridized carbons (Fsp3) is 0.0870. The summed E-state index contributed by atoms with van der Waals surface area (Å²) in [5, 5.41) is 0. The summed E-state index contributed by atoms with van der Waals surface area (Å²) in [7, 11) is 2.23. The normalized spacial score (nSPS) is 14.1. The lowest BCUT2D eigenvalue weighted by atomic mass is 9.70. The number of fused-ring (bicyclic) bond motifs is 12. The smallest absolute Gasteiger partial charge is 0.0725 e. The summed E-state index contributed by atoms with van der Waals surface area (Å²) in [6.07, 6.45) is 0.958. The van der Waals surface area contributed by atoms with Gasteiger partial charge in [-0.25, -0.2) is 0 Å². The molecule has 3 aliphatic rings. The molecule has 10 rings (SSSR count). The van der Waals surface area contributed by atoms with Gasteiger partial charge < -0.3 is 9.80 Å². The number of anilines is 4. The molecule has 7 aromatic rings. The van der Waals surface area contributed by atoms with E-state index in [1.807, 2.05) is 0 Å². The van der Waals surface area contributed by atoms with Crippen LogP contribution in [0.1, 0.15) is 38.9 Å². The van der Waals surface area contributed by atoms with Crippen molar-refractivity contribution in [1.29, 1.82) is 0 Å². The van der Waals surface area contributed by atoms with Crippen molar-refractivity contribution >= 4 is 22.7 Å². The predicted molar refractivity (Wildman–Crippen MR) is 199 cm³/mol. The van der Waals surface area contributed by atoms with Crippen molar-refractivity contribution in [2.45, 2.75) is 18.4 Å². The standard InChI is InChI=1S/C46H34N2/c1-47(34-17-13-18-35(29-34)48-43-26-10-2-14-31(43)28-32-15-3-11-27-44(32)48)30-33-16-12-25-42-45(33)38-21-6-9-24-41(38)46(42)39-22-7-4-19-36(39)37-20-5-8-23-40(37)46/h2-27,29H,28,30H2,1H3. The Morgan fingerprint density at radius 3 is 1.71 bits per heavy atom. The average molecular weight is 615 g/mol. The lowest BCUT2D eigenvalue weighted by Crippen LogP contribution is -2.26. The first-order valence-electron chi connectivity index (χ1n) is 16.9. The second-order valence-electron chi connectivity index (χ2n) is 13.4. The summed E-state index contributed by atoms with van der Waals surface area (Å²) in [6.45, 7) is 0.799. The van der Waals surface area contributed by atoms with Crippen LogP contribution in [0.3, 0.4) is 0 Å². The maximum absolute atomic E-state index is 2.43. The van der Waals surface area contributed by atoms with E-state index in [1.165, 1.54) is 83.9 Å². The highest BCUT2D eigenvalue weighted by Crippen LogP contribution is 2.63. The molecule has 0 atom stereocenters. The molecule has 0 N–H and O–H groups in total. The predicted octanol–water partition coefficient (Wildman–Crippen LogP) is 11.0. The third kappa shape index (κ3) is 3.69. The fourth-order valence-corrected chi connectivity index (χ4v) is 8.94. The molecule has 1 heterocycles. The van der Waals surface area contributed by atoms with Crippen LogP contribution in [0.5, 0.6) is 0 Å². The van der Waals surface area contributed by atoms with Gasteiger partial charge >= 0.3 is 0 Å². The van der Waals surface area contributed by atoms with E-state index in [1.54, 1.807) is 0 Å². The molecule has 228 valence electrons. The van der Waals surface area contributed by atoms with Gasteiger partial charge in [0.25, 0.3) is 0 Å². The maximum Gasteiger partial charge on any atom is 0.0725 e. The second-order valence-corrected chi connectivity index (χ2v) is 13.4. The molecular weight excluding hydrogens is 581 g/mol. The molecule has 0 fully saturated rings. The Morgan fingerprint density at radius 1 is 0.521 bits per heavy atom. The van der Waals surface area contributed by atoms with Crippen molar-refractivity contribution in [2.24, 2.45) is 0 Å². The number of benzene rings is 7. The Kier molecular flexibility index (Phi) is 5.86. The first-order valence-corrected chi connectivity index (χ1v) is 16.9. The minimum Gasteiger partial charge on any atom is -0.370 e. The Labute approximate surface area is 282 Å². The minimum absolute atomic E-state index is 0.317. The van der Waals surface area contributed by atoms with Gasteiger partial charge in [-0.15, -0.1) is 0 Å². The van der Waals surface area contributed by atoms with Crippen molar-refractivity contribution < 1.29 is 0 Å². The summed E-state index contributed by atoms with van der Waals surface area (Å²) in [5.41, 5.74) is 19.6. The van der Waals surface area contributed by atoms with E-state index >= 15 is 0 Å². The molecule has 7 aromatic carbocycles. The summed E-state index contributed by atoms with van der Waals surface area (Å²) >= 11 is 0. The van der Waals surface area contributed by atoms with Crippen molar-refractivity contribution in [3.05, 3.63) is 203 Å². The number of para-hydroxylation sites is 2. The monoisotopic (exact) mass is 614 g/mol. The number of rotatable bonds is 4. The van der Waals surface area contributed by atoms with E-state index in [2.05, 4.69) is 181 Å². The zero-order valence-corrected chi connectivity index (χ0v) is 26.9. The van der Waals surface area contributed by atoms with Gasteiger partial charge in [-0.1, -0.05) is 133 Å². The van der Waals surface area contributed by atoms with Gasteiger partial charge in [0.15, 0.2) is 0 Å². The largest absolute Gasteiger partial charge is 0.370 e. The average Bonchev–Trinajstić information content (AvgIpc) is 3.62. The van der Waals surface area contributed by atoms with E-state index in [0.717, 1.165) is 13.0 Å². The Balaban J connectivity index is 1.09. The van der Waals surface area contributed by atoms with Crippen LogP contribution in [-0.2, 0) is 18.4 Å². The third-order valence-electron chi connectivity index (χ3n) is 10.9. The molecule has 0 saturated carbocycles. The molecule has 0 bridgehead atoms. The summed E-state index contributed by atoms with van der Waals surface area (Å²) < 4.78 is 0. The van der Waals surface area contributed by atoms with Crippen molar-refractivity contribution in [2.75, 3.05) is 16.8 Å². The van der Waals surface area contributed by atoms with Gasteiger partial charge in [-0.2, -0.15) is 0 Å². The van der Waals surface area contributed by atoms with Gasteiger partial charge in [0, 0.05) is 42.8 Å². The van der Waals surface area contributed by atoms with Crippen LogP contribution < -0.4 is 9.80 Å². The molecule has 0 radical (unpaired) electrons. The van der Waals surface area contributed by atoms with Crippen LogP contribution in [-0.4, -0.2) is 7.05 Å². The third-order valence-corrected chi connectivity index (χ3v) is 10.9. The van der Waals surface area contributed by atoms with E-state index in [9.17, 15) is 0 Å². The number of nitrogens with zero attached hydrogens (tertiary/aromatic N) is 2. The molecule has 0 amide bonds.